The van der Waals surface area contributed by atoms with Crippen molar-refractivity contribution in [3.05, 3.63) is 17.5 Å². The summed E-state index contributed by atoms with van der Waals surface area (Å²) in [6.45, 7) is 4.72. The molecular weight excluding hydrogens is 214 g/mol. The van der Waals surface area contributed by atoms with E-state index in [2.05, 4.69) is 5.16 Å². The highest BCUT2D eigenvalue weighted by Gasteiger charge is 2.38. The van der Waals surface area contributed by atoms with Gasteiger partial charge in [-0.05, 0) is 13.8 Å². The van der Waals surface area contributed by atoms with Gasteiger partial charge in [0.2, 0.25) is 5.79 Å². The van der Waals surface area contributed by atoms with Crippen LogP contribution in [-0.4, -0.2) is 30.9 Å². The molecule has 1 aliphatic rings. The molecule has 88 valence electrons. The van der Waals surface area contributed by atoms with Gasteiger partial charge in [0.25, 0.3) is 0 Å². The number of nitrogens with zero attached hydrogens (tertiary/aromatic N) is 1. The average molecular weight is 227 g/mol. The van der Waals surface area contributed by atoms with E-state index in [1.54, 1.807) is 13.8 Å². The molecule has 6 nitrogen and oxygen atoms in total. The zero-order chi connectivity index (χ0) is 11.6. The number of rotatable bonds is 3. The van der Waals surface area contributed by atoms with E-state index in [9.17, 15) is 4.79 Å². The minimum atomic E-state index is -0.947. The fraction of sp³-hybridized carbons (Fsp3) is 0.600. The van der Waals surface area contributed by atoms with Crippen molar-refractivity contribution in [3.8, 4) is 0 Å². The lowest BCUT2D eigenvalue weighted by Crippen LogP contribution is -2.21. The first-order valence-electron chi connectivity index (χ1n) is 5.08. The summed E-state index contributed by atoms with van der Waals surface area (Å²) >= 11 is 0. The predicted molar refractivity (Wildman–Crippen MR) is 51.7 cm³/mol. The highest BCUT2D eigenvalue weighted by Crippen LogP contribution is 2.31. The second-order valence-corrected chi connectivity index (χ2v) is 3.44. The molecule has 6 heteroatoms. The molecule has 0 spiro atoms. The van der Waals surface area contributed by atoms with Crippen LogP contribution in [0.15, 0.2) is 10.6 Å². The Balaban J connectivity index is 2.16. The van der Waals surface area contributed by atoms with E-state index in [1.807, 2.05) is 0 Å². The monoisotopic (exact) mass is 227 g/mol. The lowest BCUT2D eigenvalue weighted by molar-refractivity contribution is -0.165. The third kappa shape index (κ3) is 1.94. The molecule has 0 atom stereocenters. The van der Waals surface area contributed by atoms with E-state index in [0.29, 0.717) is 25.6 Å². The van der Waals surface area contributed by atoms with E-state index in [1.165, 1.54) is 6.07 Å². The first-order valence-corrected chi connectivity index (χ1v) is 5.08. The highest BCUT2D eigenvalue weighted by atomic mass is 16.7. The number of hydrogen-bond acceptors (Lipinski definition) is 6. The maximum atomic E-state index is 11.4. The number of ether oxygens (including phenoxy) is 3. The summed E-state index contributed by atoms with van der Waals surface area (Å²) in [7, 11) is 0. The van der Waals surface area contributed by atoms with Crippen LogP contribution < -0.4 is 0 Å². The van der Waals surface area contributed by atoms with Gasteiger partial charge in [-0.2, -0.15) is 0 Å². The Morgan fingerprint density at radius 3 is 2.88 bits per heavy atom. The molecule has 1 aromatic rings. The summed E-state index contributed by atoms with van der Waals surface area (Å²) in [5.74, 6) is -1.09. The van der Waals surface area contributed by atoms with Gasteiger partial charge in [-0.15, -0.1) is 0 Å². The largest absolute Gasteiger partial charge is 0.461 e. The Hall–Kier alpha value is -1.40. The number of carbonyl (C=O) groups is 1. The fourth-order valence-electron chi connectivity index (χ4n) is 1.45. The van der Waals surface area contributed by atoms with Crippen LogP contribution in [0.3, 0.4) is 0 Å². The Morgan fingerprint density at radius 1 is 1.56 bits per heavy atom. The van der Waals surface area contributed by atoms with Crippen LogP contribution in [0.4, 0.5) is 0 Å². The highest BCUT2D eigenvalue weighted by molar-refractivity contribution is 5.87. The standard InChI is InChI=1S/C10H13NO5/c1-3-13-9(12)7-6-8(16-11-7)10(2)14-4-5-15-10/h6H,3-5H2,1-2H3. The van der Waals surface area contributed by atoms with Crippen LogP contribution >= 0.6 is 0 Å². The Kier molecular flexibility index (Phi) is 2.93. The SMILES string of the molecule is CCOC(=O)c1cc(C2(C)OCCO2)on1. The predicted octanol–water partition coefficient (Wildman–Crippen LogP) is 1.07. The van der Waals surface area contributed by atoms with Crippen LogP contribution in [0.1, 0.15) is 30.1 Å². The van der Waals surface area contributed by atoms with Crippen molar-refractivity contribution < 1.29 is 23.5 Å². The van der Waals surface area contributed by atoms with Crippen molar-refractivity contribution in [2.45, 2.75) is 19.6 Å². The van der Waals surface area contributed by atoms with Gasteiger partial charge in [-0.3, -0.25) is 0 Å². The molecule has 0 aromatic carbocycles. The molecule has 0 N–H and O–H groups in total. The van der Waals surface area contributed by atoms with Crippen molar-refractivity contribution in [2.75, 3.05) is 19.8 Å². The van der Waals surface area contributed by atoms with Crippen molar-refractivity contribution >= 4 is 5.97 Å². The lowest BCUT2D eigenvalue weighted by atomic mass is 10.2. The van der Waals surface area contributed by atoms with Crippen LogP contribution in [0.2, 0.25) is 0 Å². The summed E-state index contributed by atoms with van der Waals surface area (Å²) in [5.41, 5.74) is 0.122. The average Bonchev–Trinajstić information content (AvgIpc) is 2.86. The van der Waals surface area contributed by atoms with Gasteiger partial charge in [-0.1, -0.05) is 5.16 Å². The minimum Gasteiger partial charge on any atom is -0.461 e. The molecule has 1 saturated heterocycles. The molecule has 0 saturated carbocycles. The molecule has 0 bridgehead atoms. The van der Waals surface area contributed by atoms with Crippen molar-refractivity contribution in [2.24, 2.45) is 0 Å². The van der Waals surface area contributed by atoms with Gasteiger partial charge in [-0.25, -0.2) is 4.79 Å². The third-order valence-electron chi connectivity index (χ3n) is 2.28. The fourth-order valence-corrected chi connectivity index (χ4v) is 1.45. The molecule has 0 amide bonds. The van der Waals surface area contributed by atoms with Gasteiger partial charge in [0.15, 0.2) is 11.5 Å². The van der Waals surface area contributed by atoms with Crippen molar-refractivity contribution in [3.63, 3.8) is 0 Å². The van der Waals surface area contributed by atoms with Gasteiger partial charge in [0.1, 0.15) is 0 Å². The Bertz CT molecular complexity index is 380. The second-order valence-electron chi connectivity index (χ2n) is 3.44. The quantitative estimate of drug-likeness (QED) is 0.719. The normalized spacial score (nSPS) is 18.6. The van der Waals surface area contributed by atoms with Crippen molar-refractivity contribution in [1.29, 1.82) is 0 Å². The zero-order valence-corrected chi connectivity index (χ0v) is 9.19. The zero-order valence-electron chi connectivity index (χ0n) is 9.19. The maximum Gasteiger partial charge on any atom is 0.360 e. The van der Waals surface area contributed by atoms with Gasteiger partial charge in [0, 0.05) is 6.07 Å². The van der Waals surface area contributed by atoms with E-state index < -0.39 is 11.8 Å². The summed E-state index contributed by atoms with van der Waals surface area (Å²) in [5, 5.41) is 3.61. The van der Waals surface area contributed by atoms with Crippen LogP contribution in [0.5, 0.6) is 0 Å². The van der Waals surface area contributed by atoms with E-state index in [-0.39, 0.29) is 5.69 Å². The minimum absolute atomic E-state index is 0.122. The topological polar surface area (TPSA) is 70.8 Å². The van der Waals surface area contributed by atoms with Crippen LogP contribution in [-0.2, 0) is 20.0 Å². The van der Waals surface area contributed by atoms with E-state index >= 15 is 0 Å². The van der Waals surface area contributed by atoms with Gasteiger partial charge >= 0.3 is 5.97 Å². The first kappa shape index (κ1) is 11.1. The van der Waals surface area contributed by atoms with Crippen LogP contribution in [0.25, 0.3) is 0 Å². The number of hydrogen-bond donors (Lipinski definition) is 0. The van der Waals surface area contributed by atoms with E-state index in [0.717, 1.165) is 0 Å². The molecule has 2 heterocycles. The summed E-state index contributed by atoms with van der Waals surface area (Å²) in [4.78, 5) is 11.4. The van der Waals surface area contributed by atoms with E-state index in [4.69, 9.17) is 18.7 Å². The maximum absolute atomic E-state index is 11.4. The number of carbonyl (C=O) groups excluding carboxylic acids is 1. The molecule has 0 aliphatic carbocycles. The summed E-state index contributed by atoms with van der Waals surface area (Å²) in [6, 6.07) is 1.48. The van der Waals surface area contributed by atoms with Crippen molar-refractivity contribution in [1.82, 2.24) is 5.16 Å². The molecule has 16 heavy (non-hydrogen) atoms. The molecular formula is C10H13NO5. The van der Waals surface area contributed by atoms with Gasteiger partial charge in [0.05, 0.1) is 19.8 Å². The molecule has 0 unspecified atom stereocenters. The molecule has 1 aromatic heterocycles. The number of esters is 1. The first-order chi connectivity index (χ1) is 7.65. The Labute approximate surface area is 92.4 Å². The second kappa shape index (κ2) is 4.23. The molecule has 1 fully saturated rings. The Morgan fingerprint density at radius 2 is 2.25 bits per heavy atom. The summed E-state index contributed by atoms with van der Waals surface area (Å²) < 4.78 is 20.6. The molecule has 0 radical (unpaired) electrons. The third-order valence-corrected chi connectivity index (χ3v) is 2.28. The van der Waals surface area contributed by atoms with Crippen LogP contribution in [0, 0.1) is 0 Å². The molecule has 1 aliphatic heterocycles. The summed E-state index contributed by atoms with van der Waals surface area (Å²) in [6.07, 6.45) is 0. The smallest absolute Gasteiger partial charge is 0.360 e. The van der Waals surface area contributed by atoms with Gasteiger partial charge < -0.3 is 18.7 Å². The molecule has 2 rings (SSSR count). The number of aromatic nitrogens is 1. The lowest BCUT2D eigenvalue weighted by Gasteiger charge is -2.17.